The Morgan fingerprint density at radius 1 is 0.923 bits per heavy atom. The molecule has 0 aliphatic carbocycles. The van der Waals surface area contributed by atoms with Crippen LogP contribution in [0.25, 0.3) is 0 Å². The molecule has 0 aliphatic rings. The van der Waals surface area contributed by atoms with Crippen molar-refractivity contribution in [3.63, 3.8) is 0 Å². The van der Waals surface area contributed by atoms with Crippen LogP contribution < -0.4 is 5.32 Å². The van der Waals surface area contributed by atoms with Gasteiger partial charge in [0, 0.05) is 9.92 Å². The number of nitrogens with one attached hydrogen (secondary N) is 1. The van der Waals surface area contributed by atoms with Crippen molar-refractivity contribution >= 4 is 29.3 Å². The average Bonchev–Trinajstić information content (AvgIpc) is 2.67. The van der Waals surface area contributed by atoms with Crippen LogP contribution in [0, 0.1) is 6.92 Å². The second-order valence-corrected chi connectivity index (χ2v) is 7.55. The van der Waals surface area contributed by atoms with Crippen molar-refractivity contribution in [2.75, 3.05) is 5.75 Å². The first-order chi connectivity index (χ1) is 12.6. The first-order valence-electron chi connectivity index (χ1n) is 8.41. The summed E-state index contributed by atoms with van der Waals surface area (Å²) in [6, 6.07) is 25.7. The highest BCUT2D eigenvalue weighted by atomic mass is 35.5. The second kappa shape index (κ2) is 8.93. The Bertz CT molecular complexity index is 848. The standard InChI is InChI=1S/C22H20ClNOS/c1-16-7-9-18(10-8-16)22(17-5-3-2-4-6-17)24-21(25)15-26-20-13-11-19(23)12-14-20/h2-14,22H,15H2,1H3,(H,24,25)/t22-/m0/s1. The predicted octanol–water partition coefficient (Wildman–Crippen LogP) is 5.65. The molecule has 0 aromatic heterocycles. The molecular formula is C22H20ClNOS. The SMILES string of the molecule is Cc1ccc([C@@H](NC(=O)CSc2ccc(Cl)cc2)c2ccccc2)cc1. The van der Waals surface area contributed by atoms with Gasteiger partial charge in [-0.3, -0.25) is 4.79 Å². The zero-order valence-electron chi connectivity index (χ0n) is 14.5. The quantitative estimate of drug-likeness (QED) is 0.559. The third-order valence-electron chi connectivity index (χ3n) is 4.03. The van der Waals surface area contributed by atoms with E-state index in [2.05, 4.69) is 36.5 Å². The van der Waals surface area contributed by atoms with Crippen LogP contribution in [0.1, 0.15) is 22.7 Å². The first-order valence-corrected chi connectivity index (χ1v) is 9.77. The van der Waals surface area contributed by atoms with Crippen molar-refractivity contribution in [3.05, 3.63) is 101 Å². The zero-order valence-corrected chi connectivity index (χ0v) is 16.1. The van der Waals surface area contributed by atoms with Gasteiger partial charge in [0.05, 0.1) is 11.8 Å². The molecule has 1 amide bonds. The molecule has 1 atom stereocenters. The summed E-state index contributed by atoms with van der Waals surface area (Å²) < 4.78 is 0. The number of aryl methyl sites for hydroxylation is 1. The van der Waals surface area contributed by atoms with Gasteiger partial charge in [0.25, 0.3) is 0 Å². The molecule has 26 heavy (non-hydrogen) atoms. The largest absolute Gasteiger partial charge is 0.344 e. The molecule has 3 aromatic rings. The van der Waals surface area contributed by atoms with Crippen molar-refractivity contribution in [1.82, 2.24) is 5.32 Å². The molecule has 2 nitrogen and oxygen atoms in total. The maximum atomic E-state index is 12.5. The molecule has 3 rings (SSSR count). The van der Waals surface area contributed by atoms with Gasteiger partial charge in [-0.25, -0.2) is 0 Å². The molecule has 132 valence electrons. The number of rotatable bonds is 6. The lowest BCUT2D eigenvalue weighted by molar-refractivity contribution is -0.119. The van der Waals surface area contributed by atoms with Crippen LogP contribution in [0.15, 0.2) is 83.8 Å². The van der Waals surface area contributed by atoms with Gasteiger partial charge in [-0.2, -0.15) is 0 Å². The molecule has 0 saturated carbocycles. The molecule has 0 unspecified atom stereocenters. The van der Waals surface area contributed by atoms with Gasteiger partial charge in [0.2, 0.25) is 5.91 Å². The van der Waals surface area contributed by atoms with E-state index >= 15 is 0 Å². The molecule has 0 aliphatic heterocycles. The summed E-state index contributed by atoms with van der Waals surface area (Å²) in [6.07, 6.45) is 0. The van der Waals surface area contributed by atoms with Crippen molar-refractivity contribution in [3.8, 4) is 0 Å². The van der Waals surface area contributed by atoms with Crippen molar-refractivity contribution in [2.45, 2.75) is 17.9 Å². The normalized spacial score (nSPS) is 11.8. The summed E-state index contributed by atoms with van der Waals surface area (Å²) in [6.45, 7) is 2.06. The summed E-state index contributed by atoms with van der Waals surface area (Å²) in [5.74, 6) is 0.357. The highest BCUT2D eigenvalue weighted by Gasteiger charge is 2.16. The first kappa shape index (κ1) is 18.6. The number of hydrogen-bond donors (Lipinski definition) is 1. The molecular weight excluding hydrogens is 362 g/mol. The highest BCUT2D eigenvalue weighted by molar-refractivity contribution is 8.00. The number of amides is 1. The van der Waals surface area contributed by atoms with Crippen molar-refractivity contribution in [1.29, 1.82) is 0 Å². The maximum absolute atomic E-state index is 12.5. The van der Waals surface area contributed by atoms with Crippen LogP contribution in [-0.2, 0) is 4.79 Å². The molecule has 0 radical (unpaired) electrons. The van der Waals surface area contributed by atoms with Crippen molar-refractivity contribution < 1.29 is 4.79 Å². The van der Waals surface area contributed by atoms with Crippen LogP contribution in [0.3, 0.4) is 0 Å². The summed E-state index contributed by atoms with van der Waals surface area (Å²) in [5, 5.41) is 3.86. The van der Waals surface area contributed by atoms with Crippen LogP contribution in [0.4, 0.5) is 0 Å². The third-order valence-corrected chi connectivity index (χ3v) is 5.30. The second-order valence-electron chi connectivity index (χ2n) is 6.06. The van der Waals surface area contributed by atoms with Gasteiger partial charge in [0.1, 0.15) is 0 Å². The van der Waals surface area contributed by atoms with E-state index in [1.54, 1.807) is 0 Å². The van der Waals surface area contributed by atoms with Crippen LogP contribution >= 0.6 is 23.4 Å². The van der Waals surface area contributed by atoms with Gasteiger partial charge in [0.15, 0.2) is 0 Å². The fraction of sp³-hybridized carbons (Fsp3) is 0.136. The summed E-state index contributed by atoms with van der Waals surface area (Å²) >= 11 is 7.40. The third kappa shape index (κ3) is 5.13. The number of halogens is 1. The van der Waals surface area contributed by atoms with Crippen LogP contribution in [0.5, 0.6) is 0 Å². The Morgan fingerprint density at radius 2 is 1.54 bits per heavy atom. The fourth-order valence-electron chi connectivity index (χ4n) is 2.65. The average molecular weight is 382 g/mol. The minimum absolute atomic E-state index is 0.000576. The highest BCUT2D eigenvalue weighted by Crippen LogP contribution is 2.24. The molecule has 0 saturated heterocycles. The van der Waals surface area contributed by atoms with E-state index < -0.39 is 0 Å². The molecule has 4 heteroatoms. The minimum atomic E-state index is -0.157. The van der Waals surface area contributed by atoms with E-state index in [1.165, 1.54) is 17.3 Å². The fourth-order valence-corrected chi connectivity index (χ4v) is 3.48. The maximum Gasteiger partial charge on any atom is 0.231 e. The van der Waals surface area contributed by atoms with E-state index in [9.17, 15) is 4.79 Å². The number of carbonyl (C=O) groups is 1. The van der Waals surface area contributed by atoms with Gasteiger partial charge < -0.3 is 5.32 Å². The van der Waals surface area contributed by atoms with E-state index in [4.69, 9.17) is 11.6 Å². The summed E-state index contributed by atoms with van der Waals surface area (Å²) in [5.41, 5.74) is 3.35. The molecule has 3 aromatic carbocycles. The lowest BCUT2D eigenvalue weighted by Gasteiger charge is -2.20. The van der Waals surface area contributed by atoms with Gasteiger partial charge >= 0.3 is 0 Å². The van der Waals surface area contributed by atoms with E-state index in [-0.39, 0.29) is 11.9 Å². The molecule has 0 spiro atoms. The lowest BCUT2D eigenvalue weighted by atomic mass is 9.98. The topological polar surface area (TPSA) is 29.1 Å². The summed E-state index contributed by atoms with van der Waals surface area (Å²) in [4.78, 5) is 13.6. The monoisotopic (exact) mass is 381 g/mol. The summed E-state index contributed by atoms with van der Waals surface area (Å²) in [7, 11) is 0. The Labute approximate surface area is 163 Å². The van der Waals surface area contributed by atoms with E-state index in [1.807, 2.05) is 54.6 Å². The van der Waals surface area contributed by atoms with E-state index in [0.29, 0.717) is 10.8 Å². The van der Waals surface area contributed by atoms with Gasteiger partial charge in [-0.1, -0.05) is 71.8 Å². The van der Waals surface area contributed by atoms with Crippen molar-refractivity contribution in [2.24, 2.45) is 0 Å². The van der Waals surface area contributed by atoms with Gasteiger partial charge in [-0.05, 0) is 42.3 Å². The minimum Gasteiger partial charge on any atom is -0.344 e. The Kier molecular flexibility index (Phi) is 6.37. The smallest absolute Gasteiger partial charge is 0.231 e. The van der Waals surface area contributed by atoms with Crippen LogP contribution in [-0.4, -0.2) is 11.7 Å². The predicted molar refractivity (Wildman–Crippen MR) is 110 cm³/mol. The molecule has 0 fully saturated rings. The lowest BCUT2D eigenvalue weighted by Crippen LogP contribution is -2.30. The van der Waals surface area contributed by atoms with Crippen LogP contribution in [0.2, 0.25) is 5.02 Å². The number of thioether (sulfide) groups is 1. The molecule has 0 bridgehead atoms. The Balaban J connectivity index is 1.71. The van der Waals surface area contributed by atoms with Gasteiger partial charge in [-0.15, -0.1) is 11.8 Å². The Hall–Kier alpha value is -2.23. The number of benzene rings is 3. The number of carbonyl (C=O) groups excluding carboxylic acids is 1. The van der Waals surface area contributed by atoms with E-state index in [0.717, 1.165) is 16.0 Å². The molecule has 0 heterocycles. The number of hydrogen-bond acceptors (Lipinski definition) is 2. The Morgan fingerprint density at radius 3 is 2.19 bits per heavy atom. The zero-order chi connectivity index (χ0) is 18.4. The molecule has 1 N–H and O–H groups in total.